The fraction of sp³-hybridized carbons (Fsp3) is 0.417. The Balaban J connectivity index is 3.07. The second-order valence-electron chi connectivity index (χ2n) is 3.63. The van der Waals surface area contributed by atoms with Crippen LogP contribution in [0.4, 0.5) is 0 Å². The normalized spacial score (nSPS) is 11.8. The molecule has 1 aromatic carbocycles. The summed E-state index contributed by atoms with van der Waals surface area (Å²) in [6, 6.07) is 2.55. The number of ether oxygens (including phenoxy) is 3. The van der Waals surface area contributed by atoms with Crippen molar-refractivity contribution in [3.63, 3.8) is 0 Å². The fourth-order valence-electron chi connectivity index (χ4n) is 1.63. The molecule has 0 aromatic heterocycles. The van der Waals surface area contributed by atoms with Gasteiger partial charge in [-0.3, -0.25) is 4.79 Å². The molecule has 1 atom stereocenters. The molecule has 0 heterocycles. The molecule has 0 saturated carbocycles. The van der Waals surface area contributed by atoms with Gasteiger partial charge in [0, 0.05) is 23.1 Å². The van der Waals surface area contributed by atoms with E-state index >= 15 is 0 Å². The van der Waals surface area contributed by atoms with E-state index in [4.69, 9.17) is 26.8 Å². The van der Waals surface area contributed by atoms with E-state index in [9.17, 15) is 4.79 Å². The third kappa shape index (κ3) is 3.27. The largest absolute Gasteiger partial charge is 0.493 e. The van der Waals surface area contributed by atoms with Crippen LogP contribution in [-0.2, 0) is 16.0 Å². The van der Waals surface area contributed by atoms with Gasteiger partial charge < -0.3 is 19.9 Å². The summed E-state index contributed by atoms with van der Waals surface area (Å²) < 4.78 is 15.0. The molecule has 1 aromatic rings. The van der Waals surface area contributed by atoms with Gasteiger partial charge in [-0.15, -0.1) is 0 Å². The van der Waals surface area contributed by atoms with E-state index in [-0.39, 0.29) is 6.42 Å². The summed E-state index contributed by atoms with van der Waals surface area (Å²) in [6.07, 6.45) is 0.257. The highest BCUT2D eigenvalue weighted by Gasteiger charge is 2.19. The Hall–Kier alpha value is -1.46. The lowest BCUT2D eigenvalue weighted by Crippen LogP contribution is -2.33. The summed E-state index contributed by atoms with van der Waals surface area (Å²) in [5, 5.41) is 0.486. The molecule has 0 aliphatic carbocycles. The van der Waals surface area contributed by atoms with Crippen LogP contribution >= 0.6 is 11.6 Å². The fourth-order valence-corrected chi connectivity index (χ4v) is 1.86. The average Bonchev–Trinajstić information content (AvgIpc) is 2.36. The van der Waals surface area contributed by atoms with Gasteiger partial charge in [0.1, 0.15) is 6.04 Å². The number of hydrogen-bond acceptors (Lipinski definition) is 5. The third-order valence-electron chi connectivity index (χ3n) is 2.46. The molecule has 0 spiro atoms. The maximum Gasteiger partial charge on any atom is 0.322 e. The van der Waals surface area contributed by atoms with E-state index in [2.05, 4.69) is 4.74 Å². The van der Waals surface area contributed by atoms with Crippen LogP contribution in [0.1, 0.15) is 5.56 Å². The topological polar surface area (TPSA) is 70.8 Å². The van der Waals surface area contributed by atoms with Crippen LogP contribution in [0.5, 0.6) is 11.5 Å². The molecule has 1 unspecified atom stereocenters. The van der Waals surface area contributed by atoms with Crippen LogP contribution in [-0.4, -0.2) is 33.3 Å². The molecular weight excluding hydrogens is 258 g/mol. The Morgan fingerprint density at radius 1 is 1.33 bits per heavy atom. The van der Waals surface area contributed by atoms with Crippen molar-refractivity contribution in [2.24, 2.45) is 5.73 Å². The summed E-state index contributed by atoms with van der Waals surface area (Å²) in [5.74, 6) is 0.523. The van der Waals surface area contributed by atoms with E-state index in [0.717, 1.165) is 0 Å². The van der Waals surface area contributed by atoms with Crippen molar-refractivity contribution in [3.8, 4) is 11.5 Å². The Morgan fingerprint density at radius 3 is 2.50 bits per heavy atom. The van der Waals surface area contributed by atoms with Crippen molar-refractivity contribution in [3.05, 3.63) is 22.7 Å². The summed E-state index contributed by atoms with van der Waals surface area (Å²) in [5.41, 5.74) is 6.41. The van der Waals surface area contributed by atoms with Crippen molar-refractivity contribution in [1.29, 1.82) is 0 Å². The molecule has 0 aliphatic heterocycles. The van der Waals surface area contributed by atoms with Gasteiger partial charge in [-0.1, -0.05) is 11.6 Å². The van der Waals surface area contributed by atoms with Gasteiger partial charge in [-0.2, -0.15) is 0 Å². The molecule has 2 N–H and O–H groups in total. The van der Waals surface area contributed by atoms with Crippen molar-refractivity contribution in [1.82, 2.24) is 0 Å². The van der Waals surface area contributed by atoms with Gasteiger partial charge in [0.2, 0.25) is 0 Å². The number of hydrogen-bond donors (Lipinski definition) is 1. The number of halogens is 1. The van der Waals surface area contributed by atoms with Crippen molar-refractivity contribution in [2.45, 2.75) is 12.5 Å². The van der Waals surface area contributed by atoms with E-state index in [1.165, 1.54) is 21.3 Å². The summed E-state index contributed by atoms with van der Waals surface area (Å²) in [4.78, 5) is 11.3. The number of nitrogens with two attached hydrogens (primary N) is 1. The monoisotopic (exact) mass is 273 g/mol. The first kappa shape index (κ1) is 14.6. The molecule has 0 amide bonds. The predicted octanol–water partition coefficient (Wildman–Crippen LogP) is 1.40. The molecule has 0 saturated heterocycles. The standard InChI is InChI=1S/C12H16ClNO4/c1-16-10-6-8(13)4-7(11(10)17-2)5-9(14)12(15)18-3/h4,6,9H,5,14H2,1-3H3. The number of carbonyl (C=O) groups is 1. The zero-order chi connectivity index (χ0) is 13.7. The van der Waals surface area contributed by atoms with Gasteiger partial charge in [0.25, 0.3) is 0 Å². The number of carbonyl (C=O) groups excluding carboxylic acids is 1. The lowest BCUT2D eigenvalue weighted by atomic mass is 10.0. The maximum absolute atomic E-state index is 11.3. The summed E-state index contributed by atoms with van der Waals surface area (Å²) in [6.45, 7) is 0. The second-order valence-corrected chi connectivity index (χ2v) is 4.07. The first-order valence-electron chi connectivity index (χ1n) is 5.27. The number of methoxy groups -OCH3 is 3. The first-order chi connectivity index (χ1) is 8.53. The van der Waals surface area contributed by atoms with Crippen LogP contribution < -0.4 is 15.2 Å². The average molecular weight is 274 g/mol. The number of benzene rings is 1. The van der Waals surface area contributed by atoms with Crippen LogP contribution in [0.15, 0.2) is 12.1 Å². The molecule has 0 fully saturated rings. The number of esters is 1. The highest BCUT2D eigenvalue weighted by Crippen LogP contribution is 2.35. The Bertz CT molecular complexity index is 436. The zero-order valence-electron chi connectivity index (χ0n) is 10.5. The highest BCUT2D eigenvalue weighted by molar-refractivity contribution is 6.30. The van der Waals surface area contributed by atoms with Gasteiger partial charge in [-0.25, -0.2) is 0 Å². The van der Waals surface area contributed by atoms with Crippen molar-refractivity contribution >= 4 is 17.6 Å². The molecule has 100 valence electrons. The molecule has 1 rings (SSSR count). The van der Waals surface area contributed by atoms with Gasteiger partial charge in [-0.05, 0) is 6.07 Å². The first-order valence-corrected chi connectivity index (χ1v) is 5.65. The molecule has 5 nitrogen and oxygen atoms in total. The molecule has 0 bridgehead atoms. The Labute approximate surface area is 111 Å². The minimum absolute atomic E-state index is 0.257. The molecule has 18 heavy (non-hydrogen) atoms. The minimum Gasteiger partial charge on any atom is -0.493 e. The van der Waals surface area contributed by atoms with Crippen molar-refractivity contribution in [2.75, 3.05) is 21.3 Å². The van der Waals surface area contributed by atoms with E-state index in [1.54, 1.807) is 12.1 Å². The zero-order valence-corrected chi connectivity index (χ0v) is 11.3. The van der Waals surface area contributed by atoms with E-state index < -0.39 is 12.0 Å². The second kappa shape index (κ2) is 6.47. The predicted molar refractivity (Wildman–Crippen MR) is 68.3 cm³/mol. The van der Waals surface area contributed by atoms with Crippen LogP contribution in [0.2, 0.25) is 5.02 Å². The molecule has 6 heteroatoms. The summed E-state index contributed by atoms with van der Waals surface area (Å²) in [7, 11) is 4.31. The van der Waals surface area contributed by atoms with E-state index in [1.807, 2.05) is 0 Å². The Kier molecular flexibility index (Phi) is 5.25. The smallest absolute Gasteiger partial charge is 0.322 e. The van der Waals surface area contributed by atoms with Crippen LogP contribution in [0.3, 0.4) is 0 Å². The van der Waals surface area contributed by atoms with Gasteiger partial charge in [0.15, 0.2) is 11.5 Å². The van der Waals surface area contributed by atoms with Gasteiger partial charge >= 0.3 is 5.97 Å². The lowest BCUT2D eigenvalue weighted by Gasteiger charge is -2.15. The lowest BCUT2D eigenvalue weighted by molar-refractivity contribution is -0.142. The quantitative estimate of drug-likeness (QED) is 0.821. The van der Waals surface area contributed by atoms with Crippen LogP contribution in [0.25, 0.3) is 0 Å². The van der Waals surface area contributed by atoms with E-state index in [0.29, 0.717) is 22.1 Å². The maximum atomic E-state index is 11.3. The highest BCUT2D eigenvalue weighted by atomic mass is 35.5. The summed E-state index contributed by atoms with van der Waals surface area (Å²) >= 11 is 5.96. The molecular formula is C12H16ClNO4. The van der Waals surface area contributed by atoms with Crippen molar-refractivity contribution < 1.29 is 19.0 Å². The van der Waals surface area contributed by atoms with Crippen LogP contribution in [0, 0.1) is 0 Å². The third-order valence-corrected chi connectivity index (χ3v) is 2.68. The Morgan fingerprint density at radius 2 is 2.00 bits per heavy atom. The van der Waals surface area contributed by atoms with Gasteiger partial charge in [0.05, 0.1) is 21.3 Å². The molecule has 0 aliphatic rings. The molecule has 0 radical (unpaired) electrons. The SMILES string of the molecule is COC(=O)C(N)Cc1cc(Cl)cc(OC)c1OC. The minimum atomic E-state index is -0.771. The number of rotatable bonds is 5.